The Morgan fingerprint density at radius 3 is 2.50 bits per heavy atom. The molecule has 0 aromatic heterocycles. The minimum atomic E-state index is 0.0684. The van der Waals surface area contributed by atoms with Gasteiger partial charge in [0.2, 0.25) is 5.75 Å². The van der Waals surface area contributed by atoms with E-state index < -0.39 is 0 Å². The van der Waals surface area contributed by atoms with E-state index in [-0.39, 0.29) is 5.75 Å². The Bertz CT molecular complexity index is 280. The third-order valence-corrected chi connectivity index (χ3v) is 1.70. The molecule has 12 heavy (non-hydrogen) atoms. The molecule has 3 N–H and O–H groups in total. The maximum atomic E-state index is 9.32. The Kier molecular flexibility index (Phi) is 1.46. The van der Waals surface area contributed by atoms with Crippen LogP contribution in [0.5, 0.6) is 17.2 Å². The lowest BCUT2D eigenvalue weighted by molar-refractivity contribution is 0.167. The van der Waals surface area contributed by atoms with Crippen LogP contribution in [0.25, 0.3) is 0 Å². The van der Waals surface area contributed by atoms with Crippen molar-refractivity contribution in [3.8, 4) is 17.2 Å². The van der Waals surface area contributed by atoms with Crippen molar-refractivity contribution < 1.29 is 14.6 Å². The molecule has 0 amide bonds. The lowest BCUT2D eigenvalue weighted by Crippen LogP contribution is -2.16. The number of fused-ring (bicyclic) bond motifs is 1. The molecule has 0 bridgehead atoms. The zero-order chi connectivity index (χ0) is 8.55. The average molecular weight is 167 g/mol. The van der Waals surface area contributed by atoms with Gasteiger partial charge in [-0.25, -0.2) is 0 Å². The van der Waals surface area contributed by atoms with Crippen LogP contribution < -0.4 is 15.2 Å². The third-order valence-electron chi connectivity index (χ3n) is 1.70. The minimum Gasteiger partial charge on any atom is -0.504 e. The molecule has 0 atom stereocenters. The number of hydrogen-bond acceptors (Lipinski definition) is 4. The van der Waals surface area contributed by atoms with E-state index in [0.717, 1.165) is 0 Å². The number of phenolic OH excluding ortho intramolecular Hbond substituents is 1. The summed E-state index contributed by atoms with van der Waals surface area (Å²) >= 11 is 0. The lowest BCUT2D eigenvalue weighted by Gasteiger charge is -2.20. The van der Waals surface area contributed by atoms with E-state index in [4.69, 9.17) is 15.2 Å². The van der Waals surface area contributed by atoms with Gasteiger partial charge in [-0.2, -0.15) is 0 Å². The topological polar surface area (TPSA) is 64.7 Å². The molecule has 0 unspecified atom stereocenters. The van der Waals surface area contributed by atoms with E-state index in [1.54, 1.807) is 6.07 Å². The van der Waals surface area contributed by atoms with Crippen LogP contribution >= 0.6 is 0 Å². The molecule has 4 heteroatoms. The number of nitrogen functional groups attached to an aromatic ring is 1. The van der Waals surface area contributed by atoms with E-state index in [2.05, 4.69) is 0 Å². The van der Waals surface area contributed by atoms with Crippen molar-refractivity contribution in [3.63, 3.8) is 0 Å². The SMILES string of the molecule is Nc1ccc(O)c2c1OCCO2. The first-order valence-corrected chi connectivity index (χ1v) is 3.66. The van der Waals surface area contributed by atoms with E-state index in [0.29, 0.717) is 30.4 Å². The number of aromatic hydroxyl groups is 1. The van der Waals surface area contributed by atoms with Crippen molar-refractivity contribution in [1.29, 1.82) is 0 Å². The predicted molar refractivity (Wildman–Crippen MR) is 43.5 cm³/mol. The second-order valence-corrected chi connectivity index (χ2v) is 2.53. The molecule has 0 aliphatic carbocycles. The summed E-state index contributed by atoms with van der Waals surface area (Å²) in [5.74, 6) is 0.862. The van der Waals surface area contributed by atoms with Crippen LogP contribution in [0.2, 0.25) is 0 Å². The van der Waals surface area contributed by atoms with Crippen molar-refractivity contribution in [2.45, 2.75) is 0 Å². The van der Waals surface area contributed by atoms with Crippen molar-refractivity contribution in [1.82, 2.24) is 0 Å². The molecule has 0 saturated carbocycles. The highest BCUT2D eigenvalue weighted by molar-refractivity contribution is 5.65. The molecule has 1 aliphatic rings. The first kappa shape index (κ1) is 7.09. The quantitative estimate of drug-likeness (QED) is 0.442. The van der Waals surface area contributed by atoms with Gasteiger partial charge in [0.1, 0.15) is 13.2 Å². The average Bonchev–Trinajstić information content (AvgIpc) is 2.12. The third kappa shape index (κ3) is 0.922. The van der Waals surface area contributed by atoms with E-state index >= 15 is 0 Å². The molecule has 2 rings (SSSR count). The Labute approximate surface area is 69.5 Å². The van der Waals surface area contributed by atoms with Crippen LogP contribution in [0.3, 0.4) is 0 Å². The molecule has 0 fully saturated rings. The smallest absolute Gasteiger partial charge is 0.205 e. The van der Waals surface area contributed by atoms with E-state index in [9.17, 15) is 5.11 Å². The molecule has 0 saturated heterocycles. The van der Waals surface area contributed by atoms with Crippen LogP contribution in [0.15, 0.2) is 12.1 Å². The molecular weight excluding hydrogens is 158 g/mol. The molecule has 0 spiro atoms. The number of ether oxygens (including phenoxy) is 2. The van der Waals surface area contributed by atoms with Crippen LogP contribution in [0.1, 0.15) is 0 Å². The maximum absolute atomic E-state index is 9.32. The lowest BCUT2D eigenvalue weighted by atomic mass is 10.2. The number of anilines is 1. The van der Waals surface area contributed by atoms with Gasteiger partial charge >= 0.3 is 0 Å². The monoisotopic (exact) mass is 167 g/mol. The summed E-state index contributed by atoms with van der Waals surface area (Å²) in [5.41, 5.74) is 6.08. The number of nitrogens with two attached hydrogens (primary N) is 1. The number of phenols is 1. The first-order chi connectivity index (χ1) is 5.79. The van der Waals surface area contributed by atoms with Crippen LogP contribution in [-0.4, -0.2) is 18.3 Å². The van der Waals surface area contributed by atoms with E-state index in [1.807, 2.05) is 0 Å². The summed E-state index contributed by atoms with van der Waals surface area (Å²) in [7, 11) is 0. The highest BCUT2D eigenvalue weighted by atomic mass is 16.6. The summed E-state index contributed by atoms with van der Waals surface area (Å²) in [5, 5.41) is 9.32. The van der Waals surface area contributed by atoms with Crippen molar-refractivity contribution >= 4 is 5.69 Å². The van der Waals surface area contributed by atoms with Crippen LogP contribution in [0.4, 0.5) is 5.69 Å². The van der Waals surface area contributed by atoms with Crippen molar-refractivity contribution in [2.75, 3.05) is 18.9 Å². The minimum absolute atomic E-state index is 0.0684. The van der Waals surface area contributed by atoms with Gasteiger partial charge in [-0.1, -0.05) is 0 Å². The molecule has 0 radical (unpaired) electrons. The Balaban J connectivity index is 2.57. The second-order valence-electron chi connectivity index (χ2n) is 2.53. The van der Waals surface area contributed by atoms with Crippen molar-refractivity contribution in [2.24, 2.45) is 0 Å². The van der Waals surface area contributed by atoms with Gasteiger partial charge in [0, 0.05) is 0 Å². The largest absolute Gasteiger partial charge is 0.504 e. The predicted octanol–water partition coefficient (Wildman–Crippen LogP) is 0.746. The second kappa shape index (κ2) is 2.48. The fourth-order valence-electron chi connectivity index (χ4n) is 1.14. The Hall–Kier alpha value is -1.58. The highest BCUT2D eigenvalue weighted by Gasteiger charge is 2.18. The molecular formula is C8H9NO3. The summed E-state index contributed by atoms with van der Waals surface area (Å²) in [6, 6.07) is 3.08. The van der Waals surface area contributed by atoms with Crippen LogP contribution in [-0.2, 0) is 0 Å². The molecule has 1 aromatic carbocycles. The molecule has 64 valence electrons. The Morgan fingerprint density at radius 2 is 1.83 bits per heavy atom. The normalized spacial score (nSPS) is 14.3. The number of benzene rings is 1. The van der Waals surface area contributed by atoms with E-state index in [1.165, 1.54) is 6.07 Å². The van der Waals surface area contributed by atoms with Gasteiger partial charge in [-0.3, -0.25) is 0 Å². The zero-order valence-corrected chi connectivity index (χ0v) is 6.41. The molecule has 4 nitrogen and oxygen atoms in total. The fourth-order valence-corrected chi connectivity index (χ4v) is 1.14. The molecule has 1 heterocycles. The summed E-state index contributed by atoms with van der Waals surface area (Å²) in [6.45, 7) is 0.921. The Morgan fingerprint density at radius 1 is 1.17 bits per heavy atom. The van der Waals surface area contributed by atoms with Gasteiger partial charge in [-0.15, -0.1) is 0 Å². The van der Waals surface area contributed by atoms with Gasteiger partial charge in [-0.05, 0) is 12.1 Å². The van der Waals surface area contributed by atoms with Gasteiger partial charge in [0.25, 0.3) is 0 Å². The van der Waals surface area contributed by atoms with Gasteiger partial charge in [0.05, 0.1) is 5.69 Å². The summed E-state index contributed by atoms with van der Waals surface area (Å²) < 4.78 is 10.4. The van der Waals surface area contributed by atoms with Gasteiger partial charge < -0.3 is 20.3 Å². The molecule has 1 aliphatic heterocycles. The molecule has 1 aromatic rings. The summed E-state index contributed by atoms with van der Waals surface area (Å²) in [4.78, 5) is 0. The number of rotatable bonds is 0. The zero-order valence-electron chi connectivity index (χ0n) is 6.41. The maximum Gasteiger partial charge on any atom is 0.205 e. The summed E-state index contributed by atoms with van der Waals surface area (Å²) in [6.07, 6.45) is 0. The van der Waals surface area contributed by atoms with Crippen molar-refractivity contribution in [3.05, 3.63) is 12.1 Å². The van der Waals surface area contributed by atoms with Crippen LogP contribution in [0, 0.1) is 0 Å². The standard InChI is InChI=1S/C8H9NO3/c9-5-1-2-6(10)8-7(5)11-3-4-12-8/h1-2,10H,3-4,9H2. The first-order valence-electron chi connectivity index (χ1n) is 3.66. The highest BCUT2D eigenvalue weighted by Crippen LogP contribution is 2.42. The fraction of sp³-hybridized carbons (Fsp3) is 0.250. The van der Waals surface area contributed by atoms with Gasteiger partial charge in [0.15, 0.2) is 11.5 Å². The number of hydrogen-bond donors (Lipinski definition) is 2.